The summed E-state index contributed by atoms with van der Waals surface area (Å²) < 4.78 is 0. The summed E-state index contributed by atoms with van der Waals surface area (Å²) in [7, 11) is 0. The van der Waals surface area contributed by atoms with Crippen molar-refractivity contribution in [2.75, 3.05) is 47.8 Å². The van der Waals surface area contributed by atoms with E-state index in [2.05, 4.69) is 81.5 Å². The second-order valence-corrected chi connectivity index (χ2v) is 10.0. The van der Waals surface area contributed by atoms with E-state index >= 15 is 0 Å². The lowest BCUT2D eigenvalue weighted by atomic mass is 9.99. The number of rotatable bonds is 4. The third-order valence-corrected chi connectivity index (χ3v) is 7.73. The molecule has 3 aliphatic heterocycles. The Morgan fingerprint density at radius 2 is 1.77 bits per heavy atom. The molecular formula is C29H33N5O. The molecule has 1 amide bonds. The lowest BCUT2D eigenvalue weighted by Gasteiger charge is -2.40. The molecule has 0 bridgehead atoms. The molecule has 0 radical (unpaired) electrons. The first kappa shape index (κ1) is 22.1. The number of amides is 1. The number of hydrogen-bond donors (Lipinski definition) is 1. The second-order valence-electron chi connectivity index (χ2n) is 10.0. The highest BCUT2D eigenvalue weighted by Gasteiger charge is 2.35. The molecule has 0 spiro atoms. The summed E-state index contributed by atoms with van der Waals surface area (Å²) in [6.07, 6.45) is 5.17. The minimum Gasteiger partial charge on any atom is -0.369 e. The van der Waals surface area contributed by atoms with Crippen molar-refractivity contribution < 1.29 is 4.79 Å². The summed E-state index contributed by atoms with van der Waals surface area (Å²) in [6.45, 7) is 7.99. The van der Waals surface area contributed by atoms with Crippen LogP contribution in [0.5, 0.6) is 0 Å². The minimum absolute atomic E-state index is 0.0477. The quantitative estimate of drug-likeness (QED) is 0.603. The molecule has 6 heteroatoms. The smallest absolute Gasteiger partial charge is 0.247 e. The number of benzene rings is 2. The Hall–Kier alpha value is -3.38. The van der Waals surface area contributed by atoms with Crippen LogP contribution in [0.1, 0.15) is 30.4 Å². The van der Waals surface area contributed by atoms with E-state index < -0.39 is 0 Å². The van der Waals surface area contributed by atoms with Crippen LogP contribution >= 0.6 is 0 Å². The lowest BCUT2D eigenvalue weighted by Crippen LogP contribution is -2.51. The number of nitrogens with one attached hydrogen (secondary N) is 1. The van der Waals surface area contributed by atoms with Gasteiger partial charge in [-0.15, -0.1) is 0 Å². The maximum Gasteiger partial charge on any atom is 0.247 e. The Labute approximate surface area is 207 Å². The number of carbonyl (C=O) groups excluding carboxylic acids is 1. The number of nitrogens with zero attached hydrogens (tertiary/aromatic N) is 4. The molecular weight excluding hydrogens is 434 g/mol. The van der Waals surface area contributed by atoms with Gasteiger partial charge in [0.05, 0.1) is 5.69 Å². The molecule has 180 valence electrons. The molecule has 1 aromatic heterocycles. The first-order valence-corrected chi connectivity index (χ1v) is 12.9. The number of aryl methyl sites for hydroxylation is 1. The number of hydrogen-bond acceptors (Lipinski definition) is 5. The fourth-order valence-corrected chi connectivity index (χ4v) is 5.75. The van der Waals surface area contributed by atoms with Crippen LogP contribution in [0.25, 0.3) is 11.1 Å². The maximum absolute atomic E-state index is 12.6. The molecule has 6 nitrogen and oxygen atoms in total. The Bertz CT molecular complexity index is 1220. The number of carbonyl (C=O) groups is 1. The molecule has 2 aromatic carbocycles. The summed E-state index contributed by atoms with van der Waals surface area (Å²) >= 11 is 0. The predicted octanol–water partition coefficient (Wildman–Crippen LogP) is 4.69. The summed E-state index contributed by atoms with van der Waals surface area (Å²) in [4.78, 5) is 24.5. The van der Waals surface area contributed by atoms with Crippen molar-refractivity contribution in [3.05, 3.63) is 71.9 Å². The van der Waals surface area contributed by atoms with Gasteiger partial charge < -0.3 is 15.1 Å². The Balaban J connectivity index is 1.08. The summed E-state index contributed by atoms with van der Waals surface area (Å²) in [5.41, 5.74) is 7.20. The highest BCUT2D eigenvalue weighted by Crippen LogP contribution is 2.35. The molecule has 35 heavy (non-hydrogen) atoms. The Kier molecular flexibility index (Phi) is 5.90. The van der Waals surface area contributed by atoms with Gasteiger partial charge in [0, 0.05) is 51.2 Å². The maximum atomic E-state index is 12.6. The standard InChI is InChI=1S/C29H33N5O/c1-21-6-2-3-7-25(21)23-9-11-24(12-10-23)33-16-14-32(15-17-33)20-22-18-26-28(30-19-22)34-13-5-4-8-27(34)29(35)31-26/h2-3,6-7,9-12,18-19,27H,4-5,8,13-17,20H2,1H3,(H,31,35)/t27-/m0/s1. The first-order valence-electron chi connectivity index (χ1n) is 12.9. The Morgan fingerprint density at radius 1 is 0.971 bits per heavy atom. The van der Waals surface area contributed by atoms with Crippen molar-refractivity contribution in [1.29, 1.82) is 0 Å². The number of anilines is 3. The van der Waals surface area contributed by atoms with Gasteiger partial charge in [-0.05, 0) is 66.6 Å². The minimum atomic E-state index is -0.0477. The molecule has 2 fully saturated rings. The van der Waals surface area contributed by atoms with Crippen LogP contribution in [0.15, 0.2) is 60.8 Å². The van der Waals surface area contributed by atoms with E-state index in [4.69, 9.17) is 4.98 Å². The normalized spacial score (nSPS) is 20.3. The monoisotopic (exact) mass is 467 g/mol. The van der Waals surface area contributed by atoms with Crippen LogP contribution < -0.4 is 15.1 Å². The topological polar surface area (TPSA) is 51.7 Å². The highest BCUT2D eigenvalue weighted by molar-refractivity contribution is 6.02. The molecule has 3 aromatic rings. The van der Waals surface area contributed by atoms with Gasteiger partial charge in [0.2, 0.25) is 5.91 Å². The van der Waals surface area contributed by atoms with E-state index in [-0.39, 0.29) is 11.9 Å². The summed E-state index contributed by atoms with van der Waals surface area (Å²) in [6, 6.07) is 19.6. The van der Waals surface area contributed by atoms with E-state index in [1.54, 1.807) is 0 Å². The third-order valence-electron chi connectivity index (χ3n) is 7.73. The lowest BCUT2D eigenvalue weighted by molar-refractivity contribution is -0.118. The molecule has 3 aliphatic rings. The molecule has 1 N–H and O–H groups in total. The number of aromatic nitrogens is 1. The van der Waals surface area contributed by atoms with E-state index in [0.717, 1.165) is 75.6 Å². The molecule has 1 atom stereocenters. The van der Waals surface area contributed by atoms with Crippen LogP contribution in [0.3, 0.4) is 0 Å². The fraction of sp³-hybridized carbons (Fsp3) is 0.379. The SMILES string of the molecule is Cc1ccccc1-c1ccc(N2CCN(Cc3cnc4c(c3)NC(=O)[C@@H]3CCCCN43)CC2)cc1. The van der Waals surface area contributed by atoms with Gasteiger partial charge in [0.1, 0.15) is 6.04 Å². The van der Waals surface area contributed by atoms with Crippen molar-refractivity contribution in [3.63, 3.8) is 0 Å². The third kappa shape index (κ3) is 4.39. The van der Waals surface area contributed by atoms with Crippen molar-refractivity contribution >= 4 is 23.1 Å². The van der Waals surface area contributed by atoms with Crippen LogP contribution in [-0.2, 0) is 11.3 Å². The Morgan fingerprint density at radius 3 is 2.57 bits per heavy atom. The van der Waals surface area contributed by atoms with Gasteiger partial charge in [-0.25, -0.2) is 4.98 Å². The van der Waals surface area contributed by atoms with Gasteiger partial charge in [0.25, 0.3) is 0 Å². The van der Waals surface area contributed by atoms with E-state index in [1.807, 2.05) is 6.20 Å². The number of fused-ring (bicyclic) bond motifs is 3. The van der Waals surface area contributed by atoms with Gasteiger partial charge in [-0.3, -0.25) is 9.69 Å². The number of pyridine rings is 1. The van der Waals surface area contributed by atoms with Gasteiger partial charge in [0.15, 0.2) is 5.82 Å². The van der Waals surface area contributed by atoms with Crippen molar-refractivity contribution in [3.8, 4) is 11.1 Å². The number of piperidine rings is 1. The molecule has 0 aliphatic carbocycles. The zero-order valence-electron chi connectivity index (χ0n) is 20.4. The first-order chi connectivity index (χ1) is 17.2. The zero-order chi connectivity index (χ0) is 23.8. The fourth-order valence-electron chi connectivity index (χ4n) is 5.75. The molecule has 4 heterocycles. The highest BCUT2D eigenvalue weighted by atomic mass is 16.2. The van der Waals surface area contributed by atoms with Crippen molar-refractivity contribution in [2.45, 2.75) is 38.8 Å². The van der Waals surface area contributed by atoms with Crippen molar-refractivity contribution in [1.82, 2.24) is 9.88 Å². The average molecular weight is 468 g/mol. The molecule has 0 unspecified atom stereocenters. The van der Waals surface area contributed by atoms with Gasteiger partial charge in [-0.1, -0.05) is 36.4 Å². The predicted molar refractivity (Wildman–Crippen MR) is 142 cm³/mol. The van der Waals surface area contributed by atoms with Gasteiger partial charge >= 0.3 is 0 Å². The van der Waals surface area contributed by atoms with E-state index in [0.29, 0.717) is 0 Å². The number of piperazine rings is 1. The van der Waals surface area contributed by atoms with Crippen LogP contribution in [0, 0.1) is 6.92 Å². The summed E-state index contributed by atoms with van der Waals surface area (Å²) in [5, 5.41) is 3.12. The molecule has 6 rings (SSSR count). The van der Waals surface area contributed by atoms with Crippen LogP contribution in [0.4, 0.5) is 17.2 Å². The average Bonchev–Trinajstić information content (AvgIpc) is 2.90. The van der Waals surface area contributed by atoms with E-state index in [9.17, 15) is 4.79 Å². The largest absolute Gasteiger partial charge is 0.369 e. The van der Waals surface area contributed by atoms with E-state index in [1.165, 1.54) is 22.4 Å². The van der Waals surface area contributed by atoms with Crippen LogP contribution in [0.2, 0.25) is 0 Å². The molecule has 0 saturated carbocycles. The summed E-state index contributed by atoms with van der Waals surface area (Å²) in [5.74, 6) is 1.07. The van der Waals surface area contributed by atoms with Crippen LogP contribution in [-0.4, -0.2) is 54.6 Å². The second kappa shape index (κ2) is 9.34. The van der Waals surface area contributed by atoms with Gasteiger partial charge in [-0.2, -0.15) is 0 Å². The molecule has 2 saturated heterocycles. The van der Waals surface area contributed by atoms with Crippen molar-refractivity contribution in [2.24, 2.45) is 0 Å². The zero-order valence-corrected chi connectivity index (χ0v) is 20.4.